The molecule has 4 rings (SSSR count). The first-order chi connectivity index (χ1) is 15.7. The first-order valence-corrected chi connectivity index (χ1v) is 11.6. The number of benzene rings is 2. The Morgan fingerprint density at radius 1 is 1.12 bits per heavy atom. The molecule has 2 aromatic rings. The molecule has 176 valence electrons. The van der Waals surface area contributed by atoms with Gasteiger partial charge in [-0.25, -0.2) is 0 Å². The van der Waals surface area contributed by atoms with Crippen molar-refractivity contribution in [3.05, 3.63) is 64.7 Å². The van der Waals surface area contributed by atoms with Crippen LogP contribution in [-0.2, 0) is 10.4 Å². The molecule has 2 fully saturated rings. The predicted octanol–water partition coefficient (Wildman–Crippen LogP) is 2.65. The Morgan fingerprint density at radius 3 is 2.45 bits per heavy atom. The van der Waals surface area contributed by atoms with Crippen LogP contribution in [0.25, 0.3) is 0 Å². The van der Waals surface area contributed by atoms with Gasteiger partial charge in [0.1, 0.15) is 0 Å². The third kappa shape index (κ3) is 4.86. The van der Waals surface area contributed by atoms with Crippen molar-refractivity contribution >= 4 is 29.1 Å². The highest BCUT2D eigenvalue weighted by Crippen LogP contribution is 2.29. The third-order valence-corrected chi connectivity index (χ3v) is 6.92. The van der Waals surface area contributed by atoms with Crippen LogP contribution in [0, 0.1) is 0 Å². The lowest BCUT2D eigenvalue weighted by Crippen LogP contribution is -2.59. The maximum absolute atomic E-state index is 13.0. The summed E-state index contributed by atoms with van der Waals surface area (Å²) in [6.45, 7) is 4.60. The van der Waals surface area contributed by atoms with Gasteiger partial charge in [-0.1, -0.05) is 41.9 Å². The van der Waals surface area contributed by atoms with E-state index >= 15 is 0 Å². The van der Waals surface area contributed by atoms with Gasteiger partial charge in [-0.15, -0.1) is 0 Å². The van der Waals surface area contributed by atoms with E-state index in [1.807, 2.05) is 24.3 Å². The number of carbonyl (C=O) groups excluding carboxylic acids is 2. The van der Waals surface area contributed by atoms with E-state index in [1.54, 1.807) is 50.2 Å². The molecule has 2 aromatic carbocycles. The average Bonchev–Trinajstić information content (AvgIpc) is 3.25. The Hall–Kier alpha value is -2.61. The fraction of sp³-hybridized carbons (Fsp3) is 0.440. The Kier molecular flexibility index (Phi) is 6.66. The van der Waals surface area contributed by atoms with Gasteiger partial charge < -0.3 is 20.2 Å². The monoisotopic (exact) mass is 470 g/mol. The Morgan fingerprint density at radius 2 is 1.82 bits per heavy atom. The van der Waals surface area contributed by atoms with E-state index in [1.165, 1.54) is 4.90 Å². The number of aliphatic hydroxyl groups is 1. The molecule has 0 radical (unpaired) electrons. The number of anilines is 1. The molecule has 0 saturated carbocycles. The lowest BCUT2D eigenvalue weighted by molar-refractivity contribution is -0.149. The van der Waals surface area contributed by atoms with Crippen LogP contribution in [0.3, 0.4) is 0 Å². The van der Waals surface area contributed by atoms with E-state index < -0.39 is 5.60 Å². The SMILES string of the molecule is CN(C)C(=O)c1ccc(NC2CN(C3CCN(C(=O)[C@](C)(O)c4ccccc4)C3)C2)cc1Cl. The van der Waals surface area contributed by atoms with Crippen LogP contribution in [0.15, 0.2) is 48.5 Å². The maximum atomic E-state index is 13.0. The molecular weight excluding hydrogens is 440 g/mol. The van der Waals surface area contributed by atoms with Crippen molar-refractivity contribution in [1.82, 2.24) is 14.7 Å². The number of nitrogens with zero attached hydrogens (tertiary/aromatic N) is 3. The standard InChI is InChI=1S/C25H31ClN4O3/c1-25(33,17-7-5-4-6-8-17)24(32)29-12-11-20(16-29)30-14-19(15-30)27-18-9-10-21(22(26)13-18)23(31)28(2)3/h4-10,13,19-20,27,33H,11-12,14-16H2,1-3H3/t20?,25-/m1/s1. The van der Waals surface area contributed by atoms with Gasteiger partial charge in [0.25, 0.3) is 11.8 Å². The van der Waals surface area contributed by atoms with Gasteiger partial charge in [0.05, 0.1) is 16.6 Å². The minimum atomic E-state index is -1.52. The fourth-order valence-corrected chi connectivity index (χ4v) is 4.84. The molecule has 0 spiro atoms. The summed E-state index contributed by atoms with van der Waals surface area (Å²) < 4.78 is 0. The van der Waals surface area contributed by atoms with Crippen LogP contribution < -0.4 is 5.32 Å². The molecule has 7 nitrogen and oxygen atoms in total. The van der Waals surface area contributed by atoms with Crippen molar-refractivity contribution < 1.29 is 14.7 Å². The largest absolute Gasteiger partial charge is 0.380 e. The summed E-state index contributed by atoms with van der Waals surface area (Å²) in [7, 11) is 3.41. The summed E-state index contributed by atoms with van der Waals surface area (Å²) in [4.78, 5) is 30.8. The Bertz CT molecular complexity index is 1020. The molecular formula is C25H31ClN4O3. The summed E-state index contributed by atoms with van der Waals surface area (Å²) in [6.07, 6.45) is 0.899. The van der Waals surface area contributed by atoms with Crippen molar-refractivity contribution in [1.29, 1.82) is 0 Å². The van der Waals surface area contributed by atoms with Gasteiger partial charge in [0.2, 0.25) is 0 Å². The normalized spacial score (nSPS) is 20.8. The van der Waals surface area contributed by atoms with Crippen molar-refractivity contribution in [3.63, 3.8) is 0 Å². The molecule has 33 heavy (non-hydrogen) atoms. The number of likely N-dealkylation sites (tertiary alicyclic amines) is 2. The van der Waals surface area contributed by atoms with Crippen LogP contribution in [0.4, 0.5) is 5.69 Å². The van der Waals surface area contributed by atoms with Crippen molar-refractivity contribution in [3.8, 4) is 0 Å². The van der Waals surface area contributed by atoms with Gasteiger partial charge in [-0.3, -0.25) is 14.5 Å². The van der Waals surface area contributed by atoms with E-state index in [0.29, 0.717) is 35.3 Å². The molecule has 8 heteroatoms. The minimum absolute atomic E-state index is 0.118. The van der Waals surface area contributed by atoms with E-state index in [-0.39, 0.29) is 17.9 Å². The van der Waals surface area contributed by atoms with Crippen molar-refractivity contribution in [2.45, 2.75) is 31.0 Å². The van der Waals surface area contributed by atoms with Gasteiger partial charge in [-0.2, -0.15) is 0 Å². The highest BCUT2D eigenvalue weighted by molar-refractivity contribution is 6.34. The van der Waals surface area contributed by atoms with Crippen LogP contribution in [-0.4, -0.2) is 84.0 Å². The number of rotatable bonds is 6. The van der Waals surface area contributed by atoms with Gasteiger partial charge in [0.15, 0.2) is 5.60 Å². The summed E-state index contributed by atoms with van der Waals surface area (Å²) in [5.74, 6) is -0.360. The second kappa shape index (κ2) is 9.33. The molecule has 0 bridgehead atoms. The van der Waals surface area contributed by atoms with E-state index in [0.717, 1.165) is 25.2 Å². The molecule has 0 aliphatic carbocycles. The zero-order valence-corrected chi connectivity index (χ0v) is 20.0. The van der Waals surface area contributed by atoms with Crippen LogP contribution in [0.2, 0.25) is 5.02 Å². The quantitative estimate of drug-likeness (QED) is 0.678. The van der Waals surface area contributed by atoms with Crippen molar-refractivity contribution in [2.24, 2.45) is 0 Å². The summed E-state index contributed by atoms with van der Waals surface area (Å²) in [5, 5.41) is 14.8. The summed E-state index contributed by atoms with van der Waals surface area (Å²) >= 11 is 6.32. The molecule has 2 heterocycles. The molecule has 2 amide bonds. The lowest BCUT2D eigenvalue weighted by atomic mass is 9.94. The second-order valence-corrected chi connectivity index (χ2v) is 9.73. The van der Waals surface area contributed by atoms with Gasteiger partial charge >= 0.3 is 0 Å². The van der Waals surface area contributed by atoms with Crippen LogP contribution in [0.1, 0.15) is 29.3 Å². The first kappa shape index (κ1) is 23.5. The highest BCUT2D eigenvalue weighted by atomic mass is 35.5. The van der Waals surface area contributed by atoms with E-state index in [2.05, 4.69) is 10.2 Å². The van der Waals surface area contributed by atoms with E-state index in [4.69, 9.17) is 11.6 Å². The maximum Gasteiger partial charge on any atom is 0.258 e. The van der Waals surface area contributed by atoms with Gasteiger partial charge in [-0.05, 0) is 37.1 Å². The first-order valence-electron chi connectivity index (χ1n) is 11.3. The number of amides is 2. The molecule has 1 unspecified atom stereocenters. The second-order valence-electron chi connectivity index (χ2n) is 9.32. The minimum Gasteiger partial charge on any atom is -0.380 e. The van der Waals surface area contributed by atoms with Gasteiger partial charge in [0, 0.05) is 52.0 Å². The van der Waals surface area contributed by atoms with Crippen LogP contribution in [0.5, 0.6) is 0 Å². The number of nitrogens with one attached hydrogen (secondary N) is 1. The van der Waals surface area contributed by atoms with E-state index in [9.17, 15) is 14.7 Å². The molecule has 2 saturated heterocycles. The average molecular weight is 471 g/mol. The van der Waals surface area contributed by atoms with Crippen molar-refractivity contribution in [2.75, 3.05) is 45.6 Å². The summed E-state index contributed by atoms with van der Waals surface area (Å²) in [6, 6.07) is 15.1. The number of halogens is 1. The highest BCUT2D eigenvalue weighted by Gasteiger charge is 2.42. The number of carbonyl (C=O) groups is 2. The Balaban J connectivity index is 1.29. The third-order valence-electron chi connectivity index (χ3n) is 6.61. The smallest absolute Gasteiger partial charge is 0.258 e. The molecule has 2 N–H and O–H groups in total. The molecule has 2 aliphatic heterocycles. The molecule has 2 aliphatic rings. The number of hydrogen-bond acceptors (Lipinski definition) is 5. The topological polar surface area (TPSA) is 76.1 Å². The zero-order valence-electron chi connectivity index (χ0n) is 19.3. The predicted molar refractivity (Wildman–Crippen MR) is 129 cm³/mol. The zero-order chi connectivity index (χ0) is 23.8. The van der Waals surface area contributed by atoms with Crippen LogP contribution >= 0.6 is 11.6 Å². The fourth-order valence-electron chi connectivity index (χ4n) is 4.58. The Labute approximate surface area is 199 Å². The number of hydrogen-bond donors (Lipinski definition) is 2. The lowest BCUT2D eigenvalue weighted by Gasteiger charge is -2.44. The summed E-state index contributed by atoms with van der Waals surface area (Å²) in [5.41, 5.74) is 0.476. The molecule has 2 atom stereocenters. The molecule has 0 aromatic heterocycles.